The van der Waals surface area contributed by atoms with Crippen molar-refractivity contribution in [2.75, 3.05) is 25.0 Å². The summed E-state index contributed by atoms with van der Waals surface area (Å²) in [6.07, 6.45) is 2.73. The van der Waals surface area contributed by atoms with Gasteiger partial charge in [0.25, 0.3) is 0 Å². The number of nitrogens with zero attached hydrogens (tertiary/aromatic N) is 5. The van der Waals surface area contributed by atoms with E-state index in [1.54, 1.807) is 10.7 Å². The number of nitrogens with one attached hydrogen (secondary N) is 1. The van der Waals surface area contributed by atoms with Crippen LogP contribution < -0.4 is 5.32 Å². The van der Waals surface area contributed by atoms with E-state index in [2.05, 4.69) is 20.8 Å². The molecular weight excluding hydrogens is 391 g/mol. The normalized spacial score (nSPS) is 13.2. The zero-order valence-corrected chi connectivity index (χ0v) is 16.2. The predicted octanol–water partition coefficient (Wildman–Crippen LogP) is 1.84. The van der Waals surface area contributed by atoms with Crippen LogP contribution in [0.25, 0.3) is 5.69 Å². The Labute approximate surface area is 167 Å². The van der Waals surface area contributed by atoms with Crippen LogP contribution in [-0.4, -0.2) is 61.7 Å². The highest BCUT2D eigenvalue weighted by molar-refractivity contribution is 5.92. The molecule has 0 spiro atoms. The van der Waals surface area contributed by atoms with Crippen LogP contribution in [0.15, 0.2) is 18.2 Å². The fourth-order valence-electron chi connectivity index (χ4n) is 2.83. The fraction of sp³-hybridized carbons (Fsp3) is 0.471. The number of carbonyl (C=O) groups is 2. The first-order valence-corrected chi connectivity index (χ1v) is 8.80. The second kappa shape index (κ2) is 9.56. The Morgan fingerprint density at radius 2 is 2.11 bits per heavy atom. The average molecular weight is 413 g/mol. The maximum atomic E-state index is 14.2. The lowest BCUT2D eigenvalue weighted by Crippen LogP contribution is -2.37. The van der Waals surface area contributed by atoms with Gasteiger partial charge in [0.2, 0.25) is 5.91 Å². The Hall–Kier alpha value is -2.59. The molecule has 11 heteroatoms. The molecule has 1 aliphatic carbocycles. The Morgan fingerprint density at radius 3 is 2.75 bits per heavy atom. The van der Waals surface area contributed by atoms with E-state index in [4.69, 9.17) is 5.11 Å². The Kier molecular flexibility index (Phi) is 7.41. The van der Waals surface area contributed by atoms with Gasteiger partial charge in [-0.15, -0.1) is 17.5 Å². The van der Waals surface area contributed by atoms with Crippen molar-refractivity contribution in [1.29, 1.82) is 0 Å². The van der Waals surface area contributed by atoms with Crippen molar-refractivity contribution in [2.45, 2.75) is 32.1 Å². The van der Waals surface area contributed by atoms with Gasteiger partial charge in [0.1, 0.15) is 5.82 Å². The summed E-state index contributed by atoms with van der Waals surface area (Å²) >= 11 is 0. The van der Waals surface area contributed by atoms with E-state index in [0.717, 1.165) is 18.7 Å². The largest absolute Gasteiger partial charge is 0.480 e. The number of carboxylic acids is 1. The molecule has 28 heavy (non-hydrogen) atoms. The molecule has 0 unspecified atom stereocenters. The van der Waals surface area contributed by atoms with Gasteiger partial charge in [-0.2, -0.15) is 4.68 Å². The number of hydrogen-bond donors (Lipinski definition) is 2. The molecule has 0 bridgehead atoms. The van der Waals surface area contributed by atoms with Crippen LogP contribution in [0.3, 0.4) is 0 Å². The van der Waals surface area contributed by atoms with E-state index in [1.807, 2.05) is 6.92 Å². The molecule has 1 heterocycles. The van der Waals surface area contributed by atoms with Crippen molar-refractivity contribution in [3.63, 3.8) is 0 Å². The highest BCUT2D eigenvalue weighted by atomic mass is 35.5. The minimum atomic E-state index is -1.02. The van der Waals surface area contributed by atoms with Crippen LogP contribution in [0.5, 0.6) is 0 Å². The standard InChI is InChI=1S/C17H21FN6O3.ClH/c1-2-7-23(10-16(26)27)9-15(25)19-14-8-12(5-6-13(14)18)24-17(11-3-4-11)20-21-22-24;/h5-6,8,11H,2-4,7,9-10H2,1H3,(H,19,25)(H,26,27);1H. The van der Waals surface area contributed by atoms with Gasteiger partial charge in [-0.1, -0.05) is 6.92 Å². The number of anilines is 1. The number of carboxylic acid groups (broad SMARTS) is 1. The first-order chi connectivity index (χ1) is 13.0. The first-order valence-electron chi connectivity index (χ1n) is 8.80. The molecule has 1 aliphatic rings. The summed E-state index contributed by atoms with van der Waals surface area (Å²) in [5, 5.41) is 23.1. The number of hydrogen-bond acceptors (Lipinski definition) is 6. The predicted molar refractivity (Wildman–Crippen MR) is 101 cm³/mol. The smallest absolute Gasteiger partial charge is 0.317 e. The minimum absolute atomic E-state index is 0. The number of aromatic nitrogens is 4. The van der Waals surface area contributed by atoms with Gasteiger partial charge in [0.15, 0.2) is 5.82 Å². The van der Waals surface area contributed by atoms with Crippen molar-refractivity contribution >= 4 is 30.0 Å². The molecule has 0 radical (unpaired) electrons. The number of aliphatic carboxylic acids is 1. The monoisotopic (exact) mass is 412 g/mol. The van der Waals surface area contributed by atoms with E-state index in [-0.39, 0.29) is 31.2 Å². The second-order valence-corrected chi connectivity index (χ2v) is 6.54. The third-order valence-electron chi connectivity index (χ3n) is 4.17. The first kappa shape index (κ1) is 21.7. The second-order valence-electron chi connectivity index (χ2n) is 6.54. The molecule has 1 aromatic carbocycles. The van der Waals surface area contributed by atoms with Crippen molar-refractivity contribution < 1.29 is 19.1 Å². The van der Waals surface area contributed by atoms with Gasteiger partial charge < -0.3 is 10.4 Å². The Bertz CT molecular complexity index is 842. The molecule has 0 saturated heterocycles. The summed E-state index contributed by atoms with van der Waals surface area (Å²) in [7, 11) is 0. The van der Waals surface area contributed by atoms with E-state index in [1.165, 1.54) is 17.0 Å². The number of tetrazole rings is 1. The lowest BCUT2D eigenvalue weighted by atomic mass is 10.2. The summed E-state index contributed by atoms with van der Waals surface area (Å²) in [4.78, 5) is 24.6. The lowest BCUT2D eigenvalue weighted by molar-refractivity contribution is -0.138. The molecule has 2 N–H and O–H groups in total. The zero-order chi connectivity index (χ0) is 19.4. The van der Waals surface area contributed by atoms with Crippen LogP contribution in [0, 0.1) is 5.82 Å². The number of benzene rings is 1. The third-order valence-corrected chi connectivity index (χ3v) is 4.17. The fourth-order valence-corrected chi connectivity index (χ4v) is 2.83. The highest BCUT2D eigenvalue weighted by Gasteiger charge is 2.30. The van der Waals surface area contributed by atoms with E-state index in [0.29, 0.717) is 24.6 Å². The van der Waals surface area contributed by atoms with Crippen LogP contribution in [0.2, 0.25) is 0 Å². The molecule has 152 valence electrons. The van der Waals surface area contributed by atoms with Gasteiger partial charge in [-0.25, -0.2) is 4.39 Å². The molecule has 1 aromatic heterocycles. The van der Waals surface area contributed by atoms with Gasteiger partial charge in [-0.05, 0) is 54.4 Å². The number of rotatable bonds is 9. The van der Waals surface area contributed by atoms with Crippen LogP contribution in [-0.2, 0) is 9.59 Å². The van der Waals surface area contributed by atoms with Crippen molar-refractivity contribution in [3.05, 3.63) is 29.8 Å². The summed E-state index contributed by atoms with van der Waals surface area (Å²) in [5.41, 5.74) is 0.552. The molecule has 0 atom stereocenters. The summed E-state index contributed by atoms with van der Waals surface area (Å²) in [5.74, 6) is -1.07. The topological polar surface area (TPSA) is 113 Å². The molecular formula is C17H22ClFN6O3. The van der Waals surface area contributed by atoms with Gasteiger partial charge in [0.05, 0.1) is 24.5 Å². The Morgan fingerprint density at radius 1 is 1.36 bits per heavy atom. The SMILES string of the molecule is CCCN(CC(=O)O)CC(=O)Nc1cc(-n2nnnc2C2CC2)ccc1F.Cl. The number of halogens is 2. The van der Waals surface area contributed by atoms with Crippen LogP contribution in [0.1, 0.15) is 37.9 Å². The summed E-state index contributed by atoms with van der Waals surface area (Å²) < 4.78 is 15.7. The van der Waals surface area contributed by atoms with Gasteiger partial charge in [0, 0.05) is 5.92 Å². The quantitative estimate of drug-likeness (QED) is 0.645. The van der Waals surface area contributed by atoms with Crippen molar-refractivity contribution in [2.24, 2.45) is 0 Å². The molecule has 1 fully saturated rings. The van der Waals surface area contributed by atoms with Crippen molar-refractivity contribution in [3.8, 4) is 5.69 Å². The summed E-state index contributed by atoms with van der Waals surface area (Å²) in [6.45, 7) is 1.96. The number of carbonyl (C=O) groups excluding carboxylic acids is 1. The average Bonchev–Trinajstić information content (AvgIpc) is 3.33. The molecule has 0 aliphatic heterocycles. The highest BCUT2D eigenvalue weighted by Crippen LogP contribution is 2.39. The molecule has 3 rings (SSSR count). The maximum Gasteiger partial charge on any atom is 0.317 e. The Balaban J connectivity index is 0.00000280. The van der Waals surface area contributed by atoms with E-state index >= 15 is 0 Å². The maximum absolute atomic E-state index is 14.2. The van der Waals surface area contributed by atoms with E-state index in [9.17, 15) is 14.0 Å². The molecule has 1 saturated carbocycles. The van der Waals surface area contributed by atoms with E-state index < -0.39 is 17.7 Å². The van der Waals surface area contributed by atoms with Gasteiger partial charge >= 0.3 is 5.97 Å². The van der Waals surface area contributed by atoms with Crippen LogP contribution in [0.4, 0.5) is 10.1 Å². The molecule has 2 aromatic rings. The van der Waals surface area contributed by atoms with Gasteiger partial charge in [-0.3, -0.25) is 14.5 Å². The molecule has 9 nitrogen and oxygen atoms in total. The zero-order valence-electron chi connectivity index (χ0n) is 15.3. The lowest BCUT2D eigenvalue weighted by Gasteiger charge is -2.19. The van der Waals surface area contributed by atoms with Crippen LogP contribution >= 0.6 is 12.4 Å². The molecule has 1 amide bonds. The van der Waals surface area contributed by atoms with Crippen molar-refractivity contribution in [1.82, 2.24) is 25.1 Å². The summed E-state index contributed by atoms with van der Waals surface area (Å²) in [6, 6.07) is 4.25. The number of amides is 1. The third kappa shape index (κ3) is 5.46. The minimum Gasteiger partial charge on any atom is -0.480 e.